The number of nitrogens with zero attached hydrogens (tertiary/aromatic N) is 3. The van der Waals surface area contributed by atoms with Gasteiger partial charge in [-0.25, -0.2) is 0 Å². The van der Waals surface area contributed by atoms with Crippen LogP contribution in [0.5, 0.6) is 0 Å². The number of anilines is 2. The van der Waals surface area contributed by atoms with Gasteiger partial charge in [0.05, 0.1) is 12.3 Å². The molecule has 0 radical (unpaired) electrons. The third-order valence-corrected chi connectivity index (χ3v) is 3.25. The van der Waals surface area contributed by atoms with Crippen molar-refractivity contribution in [3.05, 3.63) is 47.7 Å². The molecule has 1 aromatic heterocycles. The van der Waals surface area contributed by atoms with Crippen LogP contribution in [0.4, 0.5) is 11.5 Å². The monoisotopic (exact) mass is 241 g/mol. The van der Waals surface area contributed by atoms with Gasteiger partial charge < -0.3 is 10.0 Å². The lowest BCUT2D eigenvalue weighted by Gasteiger charge is -2.29. The van der Waals surface area contributed by atoms with Crippen LogP contribution in [-0.2, 0) is 13.0 Å². The lowest BCUT2D eigenvalue weighted by atomic mass is 10.0. The van der Waals surface area contributed by atoms with Gasteiger partial charge in [-0.1, -0.05) is 18.2 Å². The first-order valence-corrected chi connectivity index (χ1v) is 6.17. The number of fused-ring (bicyclic) bond motifs is 1. The quantitative estimate of drug-likeness (QED) is 0.874. The van der Waals surface area contributed by atoms with Crippen molar-refractivity contribution in [1.82, 2.24) is 10.2 Å². The molecule has 0 unspecified atom stereocenters. The first-order chi connectivity index (χ1) is 8.88. The van der Waals surface area contributed by atoms with E-state index in [2.05, 4.69) is 33.3 Å². The molecule has 0 atom stereocenters. The molecule has 92 valence electrons. The number of rotatable bonds is 2. The molecule has 0 aliphatic carbocycles. The molecule has 4 nitrogen and oxygen atoms in total. The third-order valence-electron chi connectivity index (χ3n) is 3.25. The number of benzene rings is 1. The van der Waals surface area contributed by atoms with Crippen LogP contribution in [0, 0.1) is 0 Å². The molecule has 0 fully saturated rings. The van der Waals surface area contributed by atoms with E-state index in [-0.39, 0.29) is 6.61 Å². The molecular weight excluding hydrogens is 226 g/mol. The Morgan fingerprint density at radius 2 is 2.00 bits per heavy atom. The van der Waals surface area contributed by atoms with Crippen LogP contribution >= 0.6 is 0 Å². The lowest BCUT2D eigenvalue weighted by Crippen LogP contribution is -2.25. The molecule has 0 saturated heterocycles. The molecule has 1 N–H and O–H groups in total. The van der Waals surface area contributed by atoms with Gasteiger partial charge in [-0.05, 0) is 36.6 Å². The summed E-state index contributed by atoms with van der Waals surface area (Å²) in [5.41, 5.74) is 3.18. The molecule has 3 rings (SSSR count). The summed E-state index contributed by atoms with van der Waals surface area (Å²) in [5.74, 6) is 0.847. The second-order valence-corrected chi connectivity index (χ2v) is 4.42. The Morgan fingerprint density at radius 1 is 1.11 bits per heavy atom. The van der Waals surface area contributed by atoms with E-state index in [0.29, 0.717) is 5.69 Å². The summed E-state index contributed by atoms with van der Waals surface area (Å²) in [4.78, 5) is 2.19. The highest BCUT2D eigenvalue weighted by Crippen LogP contribution is 2.31. The van der Waals surface area contributed by atoms with Gasteiger partial charge in [0.15, 0.2) is 5.82 Å². The predicted molar refractivity (Wildman–Crippen MR) is 69.7 cm³/mol. The van der Waals surface area contributed by atoms with Gasteiger partial charge in [0, 0.05) is 12.2 Å². The average molecular weight is 241 g/mol. The van der Waals surface area contributed by atoms with Gasteiger partial charge in [0.1, 0.15) is 0 Å². The normalized spacial score (nSPS) is 14.4. The number of aliphatic hydroxyl groups is 1. The van der Waals surface area contributed by atoms with E-state index in [1.165, 1.54) is 11.3 Å². The Balaban J connectivity index is 1.97. The van der Waals surface area contributed by atoms with Crippen molar-refractivity contribution >= 4 is 11.5 Å². The summed E-state index contributed by atoms with van der Waals surface area (Å²) in [6.07, 6.45) is 2.25. The molecule has 1 aliphatic heterocycles. The molecular formula is C14H15N3O. The molecule has 0 bridgehead atoms. The second kappa shape index (κ2) is 4.74. The van der Waals surface area contributed by atoms with Crippen LogP contribution in [0.1, 0.15) is 17.7 Å². The van der Waals surface area contributed by atoms with Crippen LogP contribution in [-0.4, -0.2) is 21.8 Å². The molecule has 0 spiro atoms. The van der Waals surface area contributed by atoms with Crippen molar-refractivity contribution in [2.24, 2.45) is 0 Å². The Bertz CT molecular complexity index is 539. The smallest absolute Gasteiger partial charge is 0.155 e. The van der Waals surface area contributed by atoms with Crippen molar-refractivity contribution in [3.8, 4) is 0 Å². The van der Waals surface area contributed by atoms with E-state index in [1.807, 2.05) is 18.2 Å². The maximum absolute atomic E-state index is 8.98. The van der Waals surface area contributed by atoms with Gasteiger partial charge in [-0.2, -0.15) is 5.10 Å². The number of hydrogen-bond acceptors (Lipinski definition) is 4. The molecule has 4 heteroatoms. The van der Waals surface area contributed by atoms with Gasteiger partial charge in [-0.15, -0.1) is 5.10 Å². The van der Waals surface area contributed by atoms with Crippen LogP contribution in [0.25, 0.3) is 0 Å². The lowest BCUT2D eigenvalue weighted by molar-refractivity contribution is 0.275. The van der Waals surface area contributed by atoms with E-state index in [1.54, 1.807) is 0 Å². The summed E-state index contributed by atoms with van der Waals surface area (Å²) >= 11 is 0. The topological polar surface area (TPSA) is 49.2 Å². The van der Waals surface area contributed by atoms with E-state index in [9.17, 15) is 0 Å². The Morgan fingerprint density at radius 3 is 2.78 bits per heavy atom. The number of para-hydroxylation sites is 1. The fraction of sp³-hybridized carbons (Fsp3) is 0.286. The number of aryl methyl sites for hydroxylation is 1. The van der Waals surface area contributed by atoms with Gasteiger partial charge >= 0.3 is 0 Å². The summed E-state index contributed by atoms with van der Waals surface area (Å²) in [7, 11) is 0. The van der Waals surface area contributed by atoms with Crippen molar-refractivity contribution < 1.29 is 5.11 Å². The van der Waals surface area contributed by atoms with E-state index >= 15 is 0 Å². The SMILES string of the molecule is OCc1ccc(N2CCCc3ccccc32)nn1. The van der Waals surface area contributed by atoms with Gasteiger partial charge in [0.2, 0.25) is 0 Å². The van der Waals surface area contributed by atoms with Gasteiger partial charge in [-0.3, -0.25) is 0 Å². The Labute approximate surface area is 106 Å². The summed E-state index contributed by atoms with van der Waals surface area (Å²) in [6.45, 7) is 0.897. The van der Waals surface area contributed by atoms with Crippen molar-refractivity contribution in [1.29, 1.82) is 0 Å². The zero-order valence-corrected chi connectivity index (χ0v) is 10.1. The summed E-state index contributed by atoms with van der Waals surface area (Å²) in [5, 5.41) is 17.2. The van der Waals surface area contributed by atoms with E-state index < -0.39 is 0 Å². The number of hydrogen-bond donors (Lipinski definition) is 1. The van der Waals surface area contributed by atoms with E-state index in [0.717, 1.165) is 25.2 Å². The number of aliphatic hydroxyl groups excluding tert-OH is 1. The highest BCUT2D eigenvalue weighted by molar-refractivity contribution is 5.64. The molecule has 1 aliphatic rings. The largest absolute Gasteiger partial charge is 0.390 e. The predicted octanol–water partition coefficient (Wildman–Crippen LogP) is 2.05. The average Bonchev–Trinajstić information content (AvgIpc) is 2.47. The molecule has 2 heterocycles. The summed E-state index contributed by atoms with van der Waals surface area (Å²) < 4.78 is 0. The highest BCUT2D eigenvalue weighted by Gasteiger charge is 2.18. The molecule has 2 aromatic rings. The zero-order valence-electron chi connectivity index (χ0n) is 10.1. The van der Waals surface area contributed by atoms with E-state index in [4.69, 9.17) is 5.11 Å². The minimum absolute atomic E-state index is 0.0656. The zero-order chi connectivity index (χ0) is 12.4. The molecule has 1 aromatic carbocycles. The minimum atomic E-state index is -0.0656. The first-order valence-electron chi connectivity index (χ1n) is 6.17. The Kier molecular flexibility index (Phi) is 2.94. The second-order valence-electron chi connectivity index (χ2n) is 4.42. The maximum atomic E-state index is 8.98. The fourth-order valence-electron chi connectivity index (χ4n) is 2.35. The first kappa shape index (κ1) is 11.2. The maximum Gasteiger partial charge on any atom is 0.155 e. The molecule has 0 amide bonds. The highest BCUT2D eigenvalue weighted by atomic mass is 16.3. The minimum Gasteiger partial charge on any atom is -0.390 e. The van der Waals surface area contributed by atoms with Crippen LogP contribution < -0.4 is 4.90 Å². The number of aromatic nitrogens is 2. The Hall–Kier alpha value is -1.94. The van der Waals surface area contributed by atoms with Crippen LogP contribution in [0.3, 0.4) is 0 Å². The van der Waals surface area contributed by atoms with Crippen molar-refractivity contribution in [2.45, 2.75) is 19.4 Å². The van der Waals surface area contributed by atoms with Crippen LogP contribution in [0.2, 0.25) is 0 Å². The van der Waals surface area contributed by atoms with Crippen LogP contribution in [0.15, 0.2) is 36.4 Å². The van der Waals surface area contributed by atoms with Crippen molar-refractivity contribution in [3.63, 3.8) is 0 Å². The molecule has 18 heavy (non-hydrogen) atoms. The van der Waals surface area contributed by atoms with Crippen molar-refractivity contribution in [2.75, 3.05) is 11.4 Å². The summed E-state index contributed by atoms with van der Waals surface area (Å²) in [6, 6.07) is 12.1. The van der Waals surface area contributed by atoms with Gasteiger partial charge in [0.25, 0.3) is 0 Å². The fourth-order valence-corrected chi connectivity index (χ4v) is 2.35. The molecule has 0 saturated carbocycles. The standard InChI is InChI=1S/C14H15N3O/c18-10-12-7-8-14(16-15-12)17-9-3-5-11-4-1-2-6-13(11)17/h1-2,4,6-8,18H,3,5,9-10H2. The third kappa shape index (κ3) is 1.95.